The minimum atomic E-state index is 0.530. The maximum atomic E-state index is 5.27. The van der Waals surface area contributed by atoms with E-state index in [0.717, 1.165) is 5.57 Å². The van der Waals surface area contributed by atoms with Gasteiger partial charge in [-0.25, -0.2) is 0 Å². The van der Waals surface area contributed by atoms with Gasteiger partial charge < -0.3 is 11.5 Å². The molecule has 0 aliphatic carbocycles. The number of hydrogen-bond acceptors (Lipinski definition) is 2. The topological polar surface area (TPSA) is 52.0 Å². The third kappa shape index (κ3) is 2.55. The molecule has 2 nitrogen and oxygen atoms in total. The largest absolute Gasteiger partial charge is 0.327 e. The fourth-order valence-electron chi connectivity index (χ4n) is 0.386. The lowest BCUT2D eigenvalue weighted by atomic mass is 10.2. The highest BCUT2D eigenvalue weighted by molar-refractivity contribution is 5.12. The number of allylic oxidation sites excluding steroid dienone is 2. The van der Waals surface area contributed by atoms with Crippen LogP contribution in [0.25, 0.3) is 0 Å². The molecule has 0 rings (SSSR count). The van der Waals surface area contributed by atoms with Gasteiger partial charge in [-0.2, -0.15) is 0 Å². The van der Waals surface area contributed by atoms with Crippen molar-refractivity contribution in [2.75, 3.05) is 13.1 Å². The van der Waals surface area contributed by atoms with E-state index in [0.29, 0.717) is 13.1 Å². The summed E-state index contributed by atoms with van der Waals surface area (Å²) in [5.41, 5.74) is 11.6. The molecule has 0 amide bonds. The Labute approximate surface area is 49.9 Å². The lowest BCUT2D eigenvalue weighted by molar-refractivity contribution is 1.04. The van der Waals surface area contributed by atoms with Crippen LogP contribution in [0.2, 0.25) is 0 Å². The summed E-state index contributed by atoms with van der Waals surface area (Å²) in [6.07, 6.45) is 3.52. The van der Waals surface area contributed by atoms with Crippen molar-refractivity contribution in [3.05, 3.63) is 24.3 Å². The van der Waals surface area contributed by atoms with Crippen LogP contribution in [-0.2, 0) is 0 Å². The van der Waals surface area contributed by atoms with Gasteiger partial charge >= 0.3 is 0 Å². The van der Waals surface area contributed by atoms with Crippen molar-refractivity contribution in [3.8, 4) is 0 Å². The normalized spacial score (nSPS) is 8.25. The van der Waals surface area contributed by atoms with Crippen molar-refractivity contribution in [2.24, 2.45) is 11.5 Å². The van der Waals surface area contributed by atoms with Crippen LogP contribution in [0.3, 0.4) is 0 Å². The number of rotatable bonds is 3. The maximum Gasteiger partial charge on any atom is 0.0152 e. The molecule has 0 unspecified atom stereocenters. The summed E-state index contributed by atoms with van der Waals surface area (Å²) >= 11 is 0. The van der Waals surface area contributed by atoms with Crippen LogP contribution in [0.15, 0.2) is 24.3 Å². The Balaban J connectivity index is 3.66. The molecule has 0 bridgehead atoms. The van der Waals surface area contributed by atoms with Gasteiger partial charge in [0.1, 0.15) is 0 Å². The van der Waals surface area contributed by atoms with Gasteiger partial charge in [0, 0.05) is 13.1 Å². The first-order valence-corrected chi connectivity index (χ1v) is 2.55. The molecule has 0 spiro atoms. The van der Waals surface area contributed by atoms with E-state index in [1.165, 1.54) is 0 Å². The molecule has 0 fully saturated rings. The molecule has 0 saturated heterocycles. The Hall–Kier alpha value is -0.600. The van der Waals surface area contributed by atoms with Gasteiger partial charge in [-0.15, -0.1) is 0 Å². The zero-order valence-corrected chi connectivity index (χ0v) is 4.93. The van der Waals surface area contributed by atoms with E-state index in [2.05, 4.69) is 6.58 Å². The third-order valence-corrected chi connectivity index (χ3v) is 0.878. The minimum absolute atomic E-state index is 0.530. The van der Waals surface area contributed by atoms with Crippen molar-refractivity contribution in [1.29, 1.82) is 0 Å². The zero-order chi connectivity index (χ0) is 6.41. The Kier molecular flexibility index (Phi) is 4.21. The fourth-order valence-corrected chi connectivity index (χ4v) is 0.386. The SMILES string of the molecule is C=CC=C(CN)CN. The summed E-state index contributed by atoms with van der Waals surface area (Å²) in [4.78, 5) is 0. The Morgan fingerprint density at radius 2 is 1.88 bits per heavy atom. The number of nitrogens with two attached hydrogens (primary N) is 2. The summed E-state index contributed by atoms with van der Waals surface area (Å²) in [5.74, 6) is 0. The molecular weight excluding hydrogens is 100 g/mol. The molecule has 4 N–H and O–H groups in total. The van der Waals surface area contributed by atoms with Gasteiger partial charge in [-0.1, -0.05) is 18.7 Å². The second-order valence-electron chi connectivity index (χ2n) is 1.47. The molecule has 0 aromatic heterocycles. The van der Waals surface area contributed by atoms with Crippen LogP contribution in [0.1, 0.15) is 0 Å². The highest BCUT2D eigenvalue weighted by atomic mass is 14.6. The highest BCUT2D eigenvalue weighted by Crippen LogP contribution is 1.85. The molecule has 46 valence electrons. The molecule has 0 aliphatic rings. The second-order valence-corrected chi connectivity index (χ2v) is 1.47. The van der Waals surface area contributed by atoms with Gasteiger partial charge in [-0.3, -0.25) is 0 Å². The Bertz CT molecular complexity index is 88.7. The molecule has 0 saturated carbocycles. The van der Waals surface area contributed by atoms with Crippen molar-refractivity contribution in [2.45, 2.75) is 0 Å². The molecule has 8 heavy (non-hydrogen) atoms. The third-order valence-electron chi connectivity index (χ3n) is 0.878. The standard InChI is InChI=1S/C6H12N2/c1-2-3-6(4-7)5-8/h2-3H,1,4-5,7-8H2. The first kappa shape index (κ1) is 7.40. The second kappa shape index (κ2) is 4.56. The van der Waals surface area contributed by atoms with E-state index in [1.54, 1.807) is 6.08 Å². The van der Waals surface area contributed by atoms with Crippen molar-refractivity contribution in [3.63, 3.8) is 0 Å². The summed E-state index contributed by atoms with van der Waals surface area (Å²) in [6.45, 7) is 4.57. The summed E-state index contributed by atoms with van der Waals surface area (Å²) in [6, 6.07) is 0. The first-order chi connectivity index (χ1) is 3.85. The van der Waals surface area contributed by atoms with E-state index in [4.69, 9.17) is 11.5 Å². The van der Waals surface area contributed by atoms with E-state index in [-0.39, 0.29) is 0 Å². The van der Waals surface area contributed by atoms with Crippen molar-refractivity contribution in [1.82, 2.24) is 0 Å². The van der Waals surface area contributed by atoms with Crippen LogP contribution in [0.5, 0.6) is 0 Å². The molecule has 0 radical (unpaired) electrons. The van der Waals surface area contributed by atoms with Gasteiger partial charge in [0.15, 0.2) is 0 Å². The quantitative estimate of drug-likeness (QED) is 0.505. The lowest BCUT2D eigenvalue weighted by Gasteiger charge is -1.94. The van der Waals surface area contributed by atoms with Gasteiger partial charge in [0.05, 0.1) is 0 Å². The average Bonchev–Trinajstić information content (AvgIpc) is 1.83. The monoisotopic (exact) mass is 112 g/mol. The van der Waals surface area contributed by atoms with Crippen LogP contribution in [-0.4, -0.2) is 13.1 Å². The van der Waals surface area contributed by atoms with Crippen LogP contribution in [0, 0.1) is 0 Å². The zero-order valence-electron chi connectivity index (χ0n) is 4.93. The lowest BCUT2D eigenvalue weighted by Crippen LogP contribution is -2.12. The van der Waals surface area contributed by atoms with Gasteiger partial charge in [0.2, 0.25) is 0 Å². The predicted octanol–water partition coefficient (Wildman–Crippen LogP) is 0.0162. The fraction of sp³-hybridized carbons (Fsp3) is 0.333. The summed E-state index contributed by atoms with van der Waals surface area (Å²) in [7, 11) is 0. The molecule has 0 aromatic carbocycles. The van der Waals surface area contributed by atoms with Crippen molar-refractivity contribution < 1.29 is 0 Å². The number of hydrogen-bond donors (Lipinski definition) is 2. The average molecular weight is 112 g/mol. The van der Waals surface area contributed by atoms with Gasteiger partial charge in [0.25, 0.3) is 0 Å². The van der Waals surface area contributed by atoms with Gasteiger partial charge in [-0.05, 0) is 5.57 Å². The van der Waals surface area contributed by atoms with Crippen molar-refractivity contribution >= 4 is 0 Å². The predicted molar refractivity (Wildman–Crippen MR) is 36.4 cm³/mol. The van der Waals surface area contributed by atoms with E-state index in [1.807, 2.05) is 6.08 Å². The minimum Gasteiger partial charge on any atom is -0.327 e. The Morgan fingerprint density at radius 1 is 1.38 bits per heavy atom. The van der Waals surface area contributed by atoms with Crippen LogP contribution >= 0.6 is 0 Å². The molecule has 0 aromatic rings. The maximum absolute atomic E-state index is 5.27. The summed E-state index contributed by atoms with van der Waals surface area (Å²) < 4.78 is 0. The molecule has 0 aliphatic heterocycles. The smallest absolute Gasteiger partial charge is 0.0152 e. The molecule has 0 atom stereocenters. The highest BCUT2D eigenvalue weighted by Gasteiger charge is 1.83. The molecule has 2 heteroatoms. The first-order valence-electron chi connectivity index (χ1n) is 2.55. The molecular formula is C6H12N2. The van der Waals surface area contributed by atoms with E-state index < -0.39 is 0 Å². The van der Waals surface area contributed by atoms with E-state index >= 15 is 0 Å². The molecule has 0 heterocycles. The van der Waals surface area contributed by atoms with Crippen LogP contribution < -0.4 is 11.5 Å². The Morgan fingerprint density at radius 3 is 2.00 bits per heavy atom. The summed E-state index contributed by atoms with van der Waals surface area (Å²) in [5, 5.41) is 0. The van der Waals surface area contributed by atoms with E-state index in [9.17, 15) is 0 Å². The van der Waals surface area contributed by atoms with Crippen LogP contribution in [0.4, 0.5) is 0 Å².